The van der Waals surface area contributed by atoms with Gasteiger partial charge in [0, 0.05) is 15.6 Å². The number of ether oxygens (including phenoxy) is 2. The van der Waals surface area contributed by atoms with Crippen molar-refractivity contribution in [2.75, 3.05) is 7.11 Å². The number of rotatable bonds is 2. The molecule has 1 aliphatic heterocycles. The first-order valence-electron chi connectivity index (χ1n) is 5.84. The van der Waals surface area contributed by atoms with Crippen LogP contribution in [0.3, 0.4) is 0 Å². The summed E-state index contributed by atoms with van der Waals surface area (Å²) in [5, 5.41) is 0. The SMILES string of the molecule is COc1ccccc1C1OC(=O)c2cc(Br)ccc21. The lowest BCUT2D eigenvalue weighted by Gasteiger charge is -2.14. The maximum absolute atomic E-state index is 11.9. The van der Waals surface area contributed by atoms with Crippen molar-refractivity contribution in [3.8, 4) is 5.75 Å². The molecular weight excluding hydrogens is 308 g/mol. The van der Waals surface area contributed by atoms with Gasteiger partial charge in [-0.2, -0.15) is 0 Å². The summed E-state index contributed by atoms with van der Waals surface area (Å²) >= 11 is 3.36. The normalized spacial score (nSPS) is 16.9. The number of methoxy groups -OCH3 is 1. The van der Waals surface area contributed by atoms with E-state index >= 15 is 0 Å². The molecule has 0 N–H and O–H groups in total. The second kappa shape index (κ2) is 4.70. The zero-order valence-corrected chi connectivity index (χ0v) is 11.8. The Morgan fingerprint density at radius 1 is 1.16 bits per heavy atom. The Labute approximate surface area is 119 Å². The van der Waals surface area contributed by atoms with Crippen LogP contribution >= 0.6 is 15.9 Å². The number of para-hydroxylation sites is 1. The quantitative estimate of drug-likeness (QED) is 0.792. The number of esters is 1. The summed E-state index contributed by atoms with van der Waals surface area (Å²) in [4.78, 5) is 11.9. The van der Waals surface area contributed by atoms with Crippen LogP contribution in [-0.2, 0) is 4.74 Å². The molecule has 0 bridgehead atoms. The van der Waals surface area contributed by atoms with Crippen molar-refractivity contribution in [2.24, 2.45) is 0 Å². The van der Waals surface area contributed by atoms with E-state index in [4.69, 9.17) is 9.47 Å². The van der Waals surface area contributed by atoms with E-state index in [9.17, 15) is 4.79 Å². The van der Waals surface area contributed by atoms with Crippen molar-refractivity contribution >= 4 is 21.9 Å². The van der Waals surface area contributed by atoms with Gasteiger partial charge in [0.25, 0.3) is 0 Å². The molecule has 0 fully saturated rings. The molecular formula is C15H11BrO3. The highest BCUT2D eigenvalue weighted by Crippen LogP contribution is 2.40. The van der Waals surface area contributed by atoms with Crippen LogP contribution in [0.1, 0.15) is 27.6 Å². The maximum Gasteiger partial charge on any atom is 0.339 e. The predicted molar refractivity (Wildman–Crippen MR) is 74.4 cm³/mol. The number of carbonyl (C=O) groups excluding carboxylic acids is 1. The van der Waals surface area contributed by atoms with Crippen LogP contribution < -0.4 is 4.74 Å². The summed E-state index contributed by atoms with van der Waals surface area (Å²) in [6.07, 6.45) is -0.397. The number of halogens is 1. The third kappa shape index (κ3) is 2.02. The van der Waals surface area contributed by atoms with Gasteiger partial charge in [-0.1, -0.05) is 40.2 Å². The number of hydrogen-bond acceptors (Lipinski definition) is 3. The maximum atomic E-state index is 11.9. The first-order chi connectivity index (χ1) is 9.20. The zero-order chi connectivity index (χ0) is 13.4. The molecule has 4 heteroatoms. The van der Waals surface area contributed by atoms with Gasteiger partial charge >= 0.3 is 5.97 Å². The fourth-order valence-corrected chi connectivity index (χ4v) is 2.64. The molecule has 0 saturated carbocycles. The average molecular weight is 319 g/mol. The van der Waals surface area contributed by atoms with E-state index in [1.807, 2.05) is 36.4 Å². The van der Waals surface area contributed by atoms with Gasteiger partial charge in [0.15, 0.2) is 6.10 Å². The summed E-state index contributed by atoms with van der Waals surface area (Å²) in [5.74, 6) is 0.420. The van der Waals surface area contributed by atoms with Gasteiger partial charge in [0.1, 0.15) is 5.75 Å². The standard InChI is InChI=1S/C15H11BrO3/c1-18-13-5-3-2-4-11(13)14-10-7-6-9(16)8-12(10)15(17)19-14/h2-8,14H,1H3. The second-order valence-electron chi connectivity index (χ2n) is 4.26. The van der Waals surface area contributed by atoms with Gasteiger partial charge < -0.3 is 9.47 Å². The monoisotopic (exact) mass is 318 g/mol. The molecule has 0 radical (unpaired) electrons. The van der Waals surface area contributed by atoms with Gasteiger partial charge in [0.2, 0.25) is 0 Å². The number of fused-ring (bicyclic) bond motifs is 1. The predicted octanol–water partition coefficient (Wildman–Crippen LogP) is 3.72. The minimum atomic E-state index is -0.397. The van der Waals surface area contributed by atoms with Crippen molar-refractivity contribution in [2.45, 2.75) is 6.10 Å². The highest BCUT2D eigenvalue weighted by Gasteiger charge is 2.33. The molecule has 19 heavy (non-hydrogen) atoms. The molecule has 0 aliphatic carbocycles. The van der Waals surface area contributed by atoms with E-state index in [1.165, 1.54) is 0 Å². The number of hydrogen-bond donors (Lipinski definition) is 0. The third-order valence-electron chi connectivity index (χ3n) is 3.16. The van der Waals surface area contributed by atoms with E-state index in [-0.39, 0.29) is 5.97 Å². The summed E-state index contributed by atoms with van der Waals surface area (Å²) in [6.45, 7) is 0. The van der Waals surface area contributed by atoms with Crippen molar-refractivity contribution in [1.82, 2.24) is 0 Å². The lowest BCUT2D eigenvalue weighted by Crippen LogP contribution is -2.02. The summed E-state index contributed by atoms with van der Waals surface area (Å²) in [7, 11) is 1.61. The van der Waals surface area contributed by atoms with Crippen LogP contribution in [0.25, 0.3) is 0 Å². The lowest BCUT2D eigenvalue weighted by atomic mass is 9.99. The highest BCUT2D eigenvalue weighted by atomic mass is 79.9. The van der Waals surface area contributed by atoms with Crippen LogP contribution in [0.4, 0.5) is 0 Å². The van der Waals surface area contributed by atoms with E-state index in [0.29, 0.717) is 5.56 Å². The Hall–Kier alpha value is -1.81. The molecule has 0 saturated heterocycles. The molecule has 2 aromatic rings. The van der Waals surface area contributed by atoms with Crippen LogP contribution in [0, 0.1) is 0 Å². The van der Waals surface area contributed by atoms with Crippen molar-refractivity contribution in [3.05, 3.63) is 63.6 Å². The number of cyclic esters (lactones) is 1. The molecule has 0 aromatic heterocycles. The number of carbonyl (C=O) groups is 1. The highest BCUT2D eigenvalue weighted by molar-refractivity contribution is 9.10. The topological polar surface area (TPSA) is 35.5 Å². The van der Waals surface area contributed by atoms with Gasteiger partial charge in [0.05, 0.1) is 12.7 Å². The Balaban J connectivity index is 2.12. The average Bonchev–Trinajstić information content (AvgIpc) is 2.75. The van der Waals surface area contributed by atoms with E-state index in [0.717, 1.165) is 21.3 Å². The van der Waals surface area contributed by atoms with E-state index in [2.05, 4.69) is 15.9 Å². The molecule has 1 unspecified atom stereocenters. The molecule has 2 aromatic carbocycles. The van der Waals surface area contributed by atoms with Gasteiger partial charge in [-0.3, -0.25) is 0 Å². The lowest BCUT2D eigenvalue weighted by molar-refractivity contribution is 0.0452. The van der Waals surface area contributed by atoms with Crippen molar-refractivity contribution < 1.29 is 14.3 Å². The second-order valence-corrected chi connectivity index (χ2v) is 5.17. The Bertz CT molecular complexity index is 652. The van der Waals surface area contributed by atoms with Gasteiger partial charge in [-0.25, -0.2) is 4.79 Å². The molecule has 0 amide bonds. The van der Waals surface area contributed by atoms with Crippen molar-refractivity contribution in [3.63, 3.8) is 0 Å². The smallest absolute Gasteiger partial charge is 0.339 e. The molecule has 3 nitrogen and oxygen atoms in total. The van der Waals surface area contributed by atoms with Crippen LogP contribution in [0.5, 0.6) is 5.75 Å². The Morgan fingerprint density at radius 2 is 1.95 bits per heavy atom. The number of benzene rings is 2. The van der Waals surface area contributed by atoms with Crippen LogP contribution in [0.15, 0.2) is 46.9 Å². The third-order valence-corrected chi connectivity index (χ3v) is 3.66. The molecule has 1 aliphatic rings. The van der Waals surface area contributed by atoms with E-state index < -0.39 is 6.10 Å². The molecule has 96 valence electrons. The minimum absolute atomic E-state index is 0.299. The van der Waals surface area contributed by atoms with Crippen molar-refractivity contribution in [1.29, 1.82) is 0 Å². The van der Waals surface area contributed by atoms with Crippen LogP contribution in [0.2, 0.25) is 0 Å². The Morgan fingerprint density at radius 3 is 2.74 bits per heavy atom. The largest absolute Gasteiger partial charge is 0.496 e. The Kier molecular flexibility index (Phi) is 3.03. The molecule has 1 atom stereocenters. The van der Waals surface area contributed by atoms with Crippen LogP contribution in [-0.4, -0.2) is 13.1 Å². The zero-order valence-electron chi connectivity index (χ0n) is 10.2. The summed E-state index contributed by atoms with van der Waals surface area (Å²) < 4.78 is 11.7. The fourth-order valence-electron chi connectivity index (χ4n) is 2.28. The molecule has 1 heterocycles. The summed E-state index contributed by atoms with van der Waals surface area (Å²) in [5.41, 5.74) is 2.34. The first kappa shape index (κ1) is 12.2. The van der Waals surface area contributed by atoms with E-state index in [1.54, 1.807) is 13.2 Å². The van der Waals surface area contributed by atoms with Gasteiger partial charge in [-0.15, -0.1) is 0 Å². The summed E-state index contributed by atoms with van der Waals surface area (Å²) in [6, 6.07) is 13.2. The molecule has 0 spiro atoms. The van der Waals surface area contributed by atoms with Gasteiger partial charge in [-0.05, 0) is 18.2 Å². The minimum Gasteiger partial charge on any atom is -0.496 e. The molecule has 3 rings (SSSR count). The first-order valence-corrected chi connectivity index (χ1v) is 6.63. The fraction of sp³-hybridized carbons (Fsp3) is 0.133.